The van der Waals surface area contributed by atoms with Gasteiger partial charge in [0.15, 0.2) is 23.0 Å². The molecule has 0 atom stereocenters. The maximum absolute atomic E-state index is 11.2. The van der Waals surface area contributed by atoms with E-state index in [-0.39, 0.29) is 11.5 Å². The fraction of sp³-hybridized carbons (Fsp3) is 0.500. The van der Waals surface area contributed by atoms with Crippen LogP contribution in [0.15, 0.2) is 36.7 Å². The predicted molar refractivity (Wildman–Crippen MR) is 176 cm³/mol. The van der Waals surface area contributed by atoms with Crippen molar-refractivity contribution in [3.05, 3.63) is 42.2 Å². The van der Waals surface area contributed by atoms with Crippen LogP contribution in [0.25, 0.3) is 17.0 Å². The Bertz CT molecular complexity index is 1350. The van der Waals surface area contributed by atoms with E-state index in [4.69, 9.17) is 19.3 Å². The van der Waals surface area contributed by atoms with Crippen molar-refractivity contribution in [2.45, 2.75) is 71.6 Å². The predicted octanol–water partition coefficient (Wildman–Crippen LogP) is 7.43. The van der Waals surface area contributed by atoms with Gasteiger partial charge in [-0.05, 0) is 56.6 Å². The van der Waals surface area contributed by atoms with Crippen LogP contribution >= 0.6 is 0 Å². The average molecular weight is 609 g/mol. The Morgan fingerprint density at radius 3 is 2.25 bits per heavy atom. The molecule has 0 aliphatic carbocycles. The molecule has 3 N–H and O–H groups in total. The van der Waals surface area contributed by atoms with Crippen LogP contribution in [0.2, 0.25) is 0 Å². The first kappa shape index (κ1) is 34.4. The highest BCUT2D eigenvalue weighted by molar-refractivity contribution is 5.95. The Hall–Kier alpha value is -4.05. The Morgan fingerprint density at radius 1 is 0.909 bits per heavy atom. The first-order valence-electron chi connectivity index (χ1n) is 15.7. The summed E-state index contributed by atoms with van der Waals surface area (Å²) in [5.74, 6) is 0.532. The minimum Gasteiger partial charge on any atom is -0.504 e. The summed E-state index contributed by atoms with van der Waals surface area (Å²) in [4.78, 5) is 22.6. The molecule has 1 heterocycles. The van der Waals surface area contributed by atoms with Crippen molar-refractivity contribution in [2.75, 3.05) is 45.8 Å². The number of anilines is 2. The molecule has 3 rings (SSSR count). The summed E-state index contributed by atoms with van der Waals surface area (Å²) >= 11 is 0. The molecule has 10 nitrogen and oxygen atoms in total. The summed E-state index contributed by atoms with van der Waals surface area (Å²) in [7, 11) is 3.03. The molecule has 10 heteroatoms. The lowest BCUT2D eigenvalue weighted by Crippen LogP contribution is -2.28. The molecule has 0 unspecified atom stereocenters. The number of aliphatic carboxylic acids is 1. The van der Waals surface area contributed by atoms with Gasteiger partial charge in [0.05, 0.1) is 32.0 Å². The quantitative estimate of drug-likeness (QED) is 0.0830. The fourth-order valence-electron chi connectivity index (χ4n) is 5.11. The van der Waals surface area contributed by atoms with Crippen molar-refractivity contribution in [3.63, 3.8) is 0 Å². The van der Waals surface area contributed by atoms with Gasteiger partial charge in [0, 0.05) is 29.6 Å². The number of hydrogen-bond donors (Lipinski definition) is 3. The lowest BCUT2D eigenvalue weighted by molar-refractivity contribution is -0.131. The molecule has 0 amide bonds. The number of fused-ring (bicyclic) bond motifs is 1. The molecule has 0 saturated carbocycles. The second-order valence-corrected chi connectivity index (χ2v) is 10.8. The Kier molecular flexibility index (Phi) is 14.5. The lowest BCUT2D eigenvalue weighted by Gasteiger charge is -2.22. The molecule has 1 aromatic heterocycles. The van der Waals surface area contributed by atoms with E-state index in [1.165, 1.54) is 76.9 Å². The highest BCUT2D eigenvalue weighted by atomic mass is 16.5. The van der Waals surface area contributed by atoms with Crippen molar-refractivity contribution >= 4 is 34.5 Å². The lowest BCUT2D eigenvalue weighted by atomic mass is 10.1. The van der Waals surface area contributed by atoms with E-state index in [2.05, 4.69) is 34.0 Å². The van der Waals surface area contributed by atoms with Crippen molar-refractivity contribution in [2.24, 2.45) is 0 Å². The number of aromatic hydroxyl groups is 1. The number of aromatic nitrogens is 2. The highest BCUT2D eigenvalue weighted by Gasteiger charge is 2.17. The standard InChI is InChI=1S/C34H48N4O6/c1-5-7-9-11-18-38(19-12-10-8-6-2)20-13-21-44-30-22-26-27(23-29(30)42-3)35-24-36-34(26)37-32-25(15-17-31(40)41)14-16-28(39)33(32)43-4/h14-17,22-24,39H,5-13,18-21H2,1-4H3,(H,40,41)(H,35,36,37)/b17-15+. The van der Waals surface area contributed by atoms with Gasteiger partial charge in [-0.25, -0.2) is 14.8 Å². The molecule has 0 spiro atoms. The average Bonchev–Trinajstić information content (AvgIpc) is 3.02. The summed E-state index contributed by atoms with van der Waals surface area (Å²) in [6.07, 6.45) is 14.8. The minimum absolute atomic E-state index is 0.101. The van der Waals surface area contributed by atoms with Gasteiger partial charge >= 0.3 is 5.97 Å². The molecule has 240 valence electrons. The minimum atomic E-state index is -1.10. The first-order chi connectivity index (χ1) is 21.4. The second kappa shape index (κ2) is 18.6. The molecular weight excluding hydrogens is 560 g/mol. The van der Waals surface area contributed by atoms with E-state index in [9.17, 15) is 9.90 Å². The zero-order chi connectivity index (χ0) is 31.7. The van der Waals surface area contributed by atoms with Gasteiger partial charge in [-0.15, -0.1) is 0 Å². The van der Waals surface area contributed by atoms with E-state index >= 15 is 0 Å². The number of unbranched alkanes of at least 4 members (excludes halogenated alkanes) is 6. The normalized spacial score (nSPS) is 11.4. The third-order valence-corrected chi connectivity index (χ3v) is 7.47. The van der Waals surface area contributed by atoms with Crippen molar-refractivity contribution in [1.29, 1.82) is 0 Å². The highest BCUT2D eigenvalue weighted by Crippen LogP contribution is 2.41. The molecule has 44 heavy (non-hydrogen) atoms. The number of phenolic OH excluding ortho intramolecular Hbond substituents is 1. The topological polar surface area (TPSA) is 126 Å². The molecule has 0 aliphatic heterocycles. The molecule has 2 aromatic carbocycles. The van der Waals surface area contributed by atoms with E-state index in [1.807, 2.05) is 6.07 Å². The van der Waals surface area contributed by atoms with Crippen LogP contribution in [0.4, 0.5) is 11.5 Å². The number of ether oxygens (including phenoxy) is 3. The largest absolute Gasteiger partial charge is 0.504 e. The molecule has 0 bridgehead atoms. The van der Waals surface area contributed by atoms with Crippen molar-refractivity contribution < 1.29 is 29.2 Å². The number of rotatable bonds is 21. The van der Waals surface area contributed by atoms with E-state index in [1.54, 1.807) is 19.2 Å². The Morgan fingerprint density at radius 2 is 1.61 bits per heavy atom. The molecule has 3 aromatic rings. The van der Waals surface area contributed by atoms with Crippen molar-refractivity contribution in [3.8, 4) is 23.0 Å². The van der Waals surface area contributed by atoms with Crippen LogP contribution in [-0.2, 0) is 4.79 Å². The van der Waals surface area contributed by atoms with Crippen LogP contribution in [0.5, 0.6) is 23.0 Å². The first-order valence-corrected chi connectivity index (χ1v) is 15.7. The van der Waals surface area contributed by atoms with E-state index < -0.39 is 5.97 Å². The van der Waals surface area contributed by atoms with E-state index in [0.717, 1.165) is 32.1 Å². The van der Waals surface area contributed by atoms with Gasteiger partial charge in [-0.1, -0.05) is 52.4 Å². The van der Waals surface area contributed by atoms with Crippen LogP contribution in [-0.4, -0.2) is 71.5 Å². The Balaban J connectivity index is 1.79. The number of benzene rings is 2. The third kappa shape index (κ3) is 10.3. The summed E-state index contributed by atoms with van der Waals surface area (Å²) in [5.41, 5.74) is 1.48. The number of phenols is 1. The molecular formula is C34H48N4O6. The zero-order valence-electron chi connectivity index (χ0n) is 26.6. The van der Waals surface area contributed by atoms with Gasteiger partial charge in [-0.3, -0.25) is 0 Å². The number of methoxy groups -OCH3 is 2. The van der Waals surface area contributed by atoms with Gasteiger partial charge in [-0.2, -0.15) is 0 Å². The maximum atomic E-state index is 11.2. The van der Waals surface area contributed by atoms with Crippen LogP contribution in [0, 0.1) is 0 Å². The van der Waals surface area contributed by atoms with Crippen LogP contribution in [0.1, 0.15) is 77.2 Å². The molecule has 0 aliphatic rings. The van der Waals surface area contributed by atoms with Gasteiger partial charge in [0.1, 0.15) is 12.1 Å². The second-order valence-electron chi connectivity index (χ2n) is 10.8. The summed E-state index contributed by atoms with van der Waals surface area (Å²) in [6, 6.07) is 6.68. The third-order valence-electron chi connectivity index (χ3n) is 7.47. The monoisotopic (exact) mass is 608 g/mol. The number of carboxylic acids is 1. The number of nitrogens with one attached hydrogen (secondary N) is 1. The summed E-state index contributed by atoms with van der Waals surface area (Å²) < 4.78 is 17.3. The van der Waals surface area contributed by atoms with Crippen molar-refractivity contribution in [1.82, 2.24) is 14.9 Å². The van der Waals surface area contributed by atoms with Gasteiger partial charge in [0.2, 0.25) is 0 Å². The number of hydrogen-bond acceptors (Lipinski definition) is 9. The number of nitrogens with zero attached hydrogens (tertiary/aromatic N) is 3. The number of carboxylic acid groups (broad SMARTS) is 1. The van der Waals surface area contributed by atoms with Gasteiger partial charge < -0.3 is 34.6 Å². The Labute approximate surface area is 261 Å². The van der Waals surface area contributed by atoms with E-state index in [0.29, 0.717) is 46.1 Å². The summed E-state index contributed by atoms with van der Waals surface area (Å²) in [5, 5.41) is 23.5. The smallest absolute Gasteiger partial charge is 0.328 e. The molecule has 0 saturated heterocycles. The molecule has 0 fully saturated rings. The number of carbonyl (C=O) groups is 1. The SMILES string of the molecule is CCCCCCN(CCCCCC)CCCOc1cc2c(Nc3c(/C=C/C(=O)O)ccc(O)c3OC)ncnc2cc1OC. The van der Waals surface area contributed by atoms with Crippen LogP contribution in [0.3, 0.4) is 0 Å². The maximum Gasteiger partial charge on any atom is 0.328 e. The fourth-order valence-corrected chi connectivity index (χ4v) is 5.11. The zero-order valence-corrected chi connectivity index (χ0v) is 26.6. The van der Waals surface area contributed by atoms with Crippen LogP contribution < -0.4 is 19.5 Å². The van der Waals surface area contributed by atoms with Gasteiger partial charge in [0.25, 0.3) is 0 Å². The molecule has 0 radical (unpaired) electrons. The summed E-state index contributed by atoms with van der Waals surface area (Å²) in [6.45, 7) is 8.25.